The summed E-state index contributed by atoms with van der Waals surface area (Å²) in [4.78, 5) is 0. The van der Waals surface area contributed by atoms with Gasteiger partial charge in [-0.05, 0) is 55.5 Å². The van der Waals surface area contributed by atoms with Crippen LogP contribution < -0.4 is 0 Å². The summed E-state index contributed by atoms with van der Waals surface area (Å²) in [6, 6.07) is 0. The van der Waals surface area contributed by atoms with E-state index in [0.29, 0.717) is 0 Å². The van der Waals surface area contributed by atoms with Crippen LogP contribution in [0.15, 0.2) is 0 Å². The SMILES string of the molecule is CCCCCCCCCCCCCCCCCCC(CC)P(C(CC)CCCCCCCCCCCCCCCCCC)C(CC)CCCCCCCCCCCCCCCCCC. The van der Waals surface area contributed by atoms with Gasteiger partial charge >= 0.3 is 0 Å². The van der Waals surface area contributed by atoms with E-state index in [1.54, 1.807) is 19.3 Å². The van der Waals surface area contributed by atoms with Crippen LogP contribution in [0.4, 0.5) is 0 Å². The summed E-state index contributed by atoms with van der Waals surface area (Å²) in [6.07, 6.45) is 80.1. The summed E-state index contributed by atoms with van der Waals surface area (Å²) >= 11 is 0. The number of hydrogen-bond donors (Lipinski definition) is 0. The molecule has 0 aliphatic rings. The average Bonchev–Trinajstić information content (AvgIpc) is 3.31. The van der Waals surface area contributed by atoms with Crippen molar-refractivity contribution >= 4 is 7.92 Å². The van der Waals surface area contributed by atoms with Crippen LogP contribution in [0, 0.1) is 0 Å². The molecule has 0 aromatic heterocycles. The molecule has 0 spiro atoms. The maximum Gasteiger partial charge on any atom is -0.0207 e. The van der Waals surface area contributed by atoms with Gasteiger partial charge in [-0.1, -0.05) is 358 Å². The molecule has 386 valence electrons. The number of unbranched alkanes of at least 4 members (excludes halogenated alkanes) is 45. The summed E-state index contributed by atoms with van der Waals surface area (Å²) in [7, 11) is 0.118. The second-order valence-corrected chi connectivity index (χ2v) is 25.0. The lowest BCUT2D eigenvalue weighted by atomic mass is 10.0. The Morgan fingerprint density at radius 1 is 0.172 bits per heavy atom. The molecule has 3 unspecified atom stereocenters. The average molecular weight is 918 g/mol. The highest BCUT2D eigenvalue weighted by molar-refractivity contribution is 7.59. The molecule has 1 heteroatoms. The minimum Gasteiger partial charge on any atom is -0.0972 e. The van der Waals surface area contributed by atoms with Gasteiger partial charge in [-0.3, -0.25) is 0 Å². The lowest BCUT2D eigenvalue weighted by molar-refractivity contribution is 0.517. The van der Waals surface area contributed by atoms with Crippen LogP contribution in [0.5, 0.6) is 0 Å². The van der Waals surface area contributed by atoms with Crippen molar-refractivity contribution in [1.82, 2.24) is 0 Å². The fourth-order valence-electron chi connectivity index (χ4n) is 11.4. The van der Waals surface area contributed by atoms with Crippen LogP contribution in [0.2, 0.25) is 0 Å². The van der Waals surface area contributed by atoms with E-state index >= 15 is 0 Å². The molecule has 0 saturated carbocycles. The Labute approximate surface area is 411 Å². The van der Waals surface area contributed by atoms with E-state index in [9.17, 15) is 0 Å². The maximum absolute atomic E-state index is 2.59. The van der Waals surface area contributed by atoms with Crippen LogP contribution in [0.25, 0.3) is 0 Å². The van der Waals surface area contributed by atoms with Crippen LogP contribution in [-0.4, -0.2) is 17.0 Å². The zero-order valence-corrected chi connectivity index (χ0v) is 47.3. The molecule has 0 N–H and O–H groups in total. The molecule has 3 atom stereocenters. The number of hydrogen-bond acceptors (Lipinski definition) is 0. The normalized spacial score (nSPS) is 13.8. The van der Waals surface area contributed by atoms with Crippen molar-refractivity contribution in [2.24, 2.45) is 0 Å². The molecule has 0 nitrogen and oxygen atoms in total. The standard InChI is InChI=1S/C63H129P/c1-7-13-16-19-22-25-28-31-34-37-40-43-46-49-52-55-58-61(10-4)64(62(11-5)59-56-53-50-47-44-41-38-35-32-29-26-23-20-17-14-8-2)63(12-6)60-57-54-51-48-45-42-39-36-33-30-27-24-21-18-15-9-3/h61-63H,7-60H2,1-6H3. The fraction of sp³-hybridized carbons (Fsp3) is 1.00. The van der Waals surface area contributed by atoms with Crippen LogP contribution >= 0.6 is 7.92 Å². The van der Waals surface area contributed by atoms with Crippen LogP contribution in [0.3, 0.4) is 0 Å². The fourth-order valence-corrected chi connectivity index (χ4v) is 15.9. The van der Waals surface area contributed by atoms with Gasteiger partial charge in [0.15, 0.2) is 0 Å². The van der Waals surface area contributed by atoms with Gasteiger partial charge in [0.25, 0.3) is 0 Å². The first-order chi connectivity index (χ1) is 31.7. The predicted octanol–water partition coefficient (Wildman–Crippen LogP) is 24.8. The highest BCUT2D eigenvalue weighted by Gasteiger charge is 2.32. The van der Waals surface area contributed by atoms with Gasteiger partial charge in [-0.15, -0.1) is 0 Å². The largest absolute Gasteiger partial charge is 0.0972 e. The highest BCUT2D eigenvalue weighted by Crippen LogP contribution is 2.58. The molecule has 0 aliphatic carbocycles. The molecule has 0 bridgehead atoms. The molecule has 0 heterocycles. The van der Waals surface area contributed by atoms with Crippen molar-refractivity contribution < 1.29 is 0 Å². The van der Waals surface area contributed by atoms with Crippen molar-refractivity contribution in [3.8, 4) is 0 Å². The first-order valence-corrected chi connectivity index (χ1v) is 33.0. The topological polar surface area (TPSA) is 0 Å². The summed E-state index contributed by atoms with van der Waals surface area (Å²) in [5.74, 6) is 0. The molecule has 0 fully saturated rings. The monoisotopic (exact) mass is 917 g/mol. The lowest BCUT2D eigenvalue weighted by Gasteiger charge is -2.40. The molecule has 0 aromatic rings. The van der Waals surface area contributed by atoms with E-state index < -0.39 is 0 Å². The van der Waals surface area contributed by atoms with Gasteiger partial charge in [-0.2, -0.15) is 0 Å². The van der Waals surface area contributed by atoms with Gasteiger partial charge < -0.3 is 0 Å². The van der Waals surface area contributed by atoms with E-state index in [-0.39, 0.29) is 7.92 Å². The Hall–Kier alpha value is 0.430. The van der Waals surface area contributed by atoms with Crippen molar-refractivity contribution in [1.29, 1.82) is 0 Å². The third kappa shape index (κ3) is 44.9. The summed E-state index contributed by atoms with van der Waals surface area (Å²) in [5, 5.41) is 0. The van der Waals surface area contributed by atoms with Crippen molar-refractivity contribution in [3.05, 3.63) is 0 Å². The van der Waals surface area contributed by atoms with Gasteiger partial charge in [0.1, 0.15) is 0 Å². The molecule has 64 heavy (non-hydrogen) atoms. The molecule has 0 saturated heterocycles. The first kappa shape index (κ1) is 64.4. The Morgan fingerprint density at radius 3 is 0.422 bits per heavy atom. The van der Waals surface area contributed by atoms with Crippen molar-refractivity contribution in [2.75, 3.05) is 0 Å². The smallest absolute Gasteiger partial charge is 0.0207 e. The molecule has 0 rings (SSSR count). The Morgan fingerprint density at radius 2 is 0.297 bits per heavy atom. The van der Waals surface area contributed by atoms with Crippen molar-refractivity contribution in [3.63, 3.8) is 0 Å². The van der Waals surface area contributed by atoms with Gasteiger partial charge in [0.05, 0.1) is 0 Å². The third-order valence-corrected chi connectivity index (χ3v) is 20.3. The van der Waals surface area contributed by atoms with E-state index in [4.69, 9.17) is 0 Å². The summed E-state index contributed by atoms with van der Waals surface area (Å²) in [5.41, 5.74) is 3.08. The van der Waals surface area contributed by atoms with Crippen molar-refractivity contribution in [2.45, 2.75) is 405 Å². The Bertz CT molecular complexity index is 701. The highest BCUT2D eigenvalue weighted by atomic mass is 31.1. The minimum absolute atomic E-state index is 0.118. The second kappa shape index (κ2) is 56.0. The molecule has 0 aliphatic heterocycles. The predicted molar refractivity (Wildman–Crippen MR) is 302 cm³/mol. The Kier molecular flexibility index (Phi) is 56.4. The zero-order chi connectivity index (χ0) is 46.5. The molecule has 0 aromatic carbocycles. The zero-order valence-electron chi connectivity index (χ0n) is 46.4. The molecular formula is C63H129P. The molecule has 0 amide bonds. The maximum atomic E-state index is 2.59. The van der Waals surface area contributed by atoms with E-state index in [2.05, 4.69) is 41.5 Å². The van der Waals surface area contributed by atoms with E-state index in [1.807, 2.05) is 0 Å². The van der Waals surface area contributed by atoms with Gasteiger partial charge in [0, 0.05) is 0 Å². The summed E-state index contributed by atoms with van der Waals surface area (Å²) < 4.78 is 0. The first-order valence-electron chi connectivity index (χ1n) is 31.5. The van der Waals surface area contributed by atoms with Gasteiger partial charge in [0.2, 0.25) is 0 Å². The van der Waals surface area contributed by atoms with Gasteiger partial charge in [-0.25, -0.2) is 0 Å². The third-order valence-electron chi connectivity index (χ3n) is 15.9. The molecular weight excluding hydrogens is 788 g/mol. The van der Waals surface area contributed by atoms with Crippen LogP contribution in [-0.2, 0) is 0 Å². The lowest BCUT2D eigenvalue weighted by Crippen LogP contribution is -2.23. The summed E-state index contributed by atoms with van der Waals surface area (Å²) in [6.45, 7) is 14.8. The van der Waals surface area contributed by atoms with E-state index in [0.717, 1.165) is 17.0 Å². The second-order valence-electron chi connectivity index (χ2n) is 21.9. The number of rotatable bonds is 57. The minimum atomic E-state index is 0.118. The van der Waals surface area contributed by atoms with Crippen LogP contribution in [0.1, 0.15) is 388 Å². The van der Waals surface area contributed by atoms with E-state index in [1.165, 1.54) is 327 Å². The Balaban J connectivity index is 4.66. The molecule has 0 radical (unpaired) electrons. The quantitative estimate of drug-likeness (QED) is 0.0421.